The molecule has 1 aliphatic rings. The number of para-hydroxylation sites is 2. The van der Waals surface area contributed by atoms with Gasteiger partial charge in [-0.05, 0) is 30.2 Å². The van der Waals surface area contributed by atoms with Gasteiger partial charge < -0.3 is 9.64 Å². The molecule has 1 aliphatic heterocycles. The number of hydrogen-bond donors (Lipinski definition) is 0. The first-order chi connectivity index (χ1) is 11.8. The second-order valence-electron chi connectivity index (χ2n) is 5.97. The first-order valence-corrected chi connectivity index (χ1v) is 9.63. The lowest BCUT2D eigenvalue weighted by Crippen LogP contribution is -2.41. The van der Waals surface area contributed by atoms with Crippen LogP contribution in [0.25, 0.3) is 0 Å². The molecule has 25 heavy (non-hydrogen) atoms. The summed E-state index contributed by atoms with van der Waals surface area (Å²) in [6.07, 6.45) is 1.38. The maximum Gasteiger partial charge on any atom is 0.264 e. The Morgan fingerprint density at radius 1 is 1.12 bits per heavy atom. The topological polar surface area (TPSA) is 72.9 Å². The molecule has 6 nitrogen and oxygen atoms in total. The predicted octanol–water partition coefficient (Wildman–Crippen LogP) is 2.59. The molecular formula is C18H19NO5S. The summed E-state index contributed by atoms with van der Waals surface area (Å²) in [6.45, 7) is -0.161. The SMILES string of the molecule is CN1C(=O)C(COS(C)(=O)=O)Cc2cccc(Oc3ccccc3)c21. The zero-order valence-electron chi connectivity index (χ0n) is 14.0. The summed E-state index contributed by atoms with van der Waals surface area (Å²) in [5.74, 6) is 0.528. The number of carbonyl (C=O) groups excluding carboxylic acids is 1. The predicted molar refractivity (Wildman–Crippen MR) is 94.4 cm³/mol. The summed E-state index contributed by atoms with van der Waals surface area (Å²) < 4.78 is 33.1. The molecule has 1 atom stereocenters. The van der Waals surface area contributed by atoms with E-state index in [1.165, 1.54) is 4.90 Å². The van der Waals surface area contributed by atoms with Crippen LogP contribution >= 0.6 is 0 Å². The molecule has 0 aromatic heterocycles. The van der Waals surface area contributed by atoms with E-state index in [1.54, 1.807) is 7.05 Å². The monoisotopic (exact) mass is 361 g/mol. The lowest BCUT2D eigenvalue weighted by Gasteiger charge is -2.32. The molecular weight excluding hydrogens is 342 g/mol. The van der Waals surface area contributed by atoms with Gasteiger partial charge in [-0.2, -0.15) is 8.42 Å². The van der Waals surface area contributed by atoms with E-state index in [1.807, 2.05) is 48.5 Å². The maximum absolute atomic E-state index is 12.6. The molecule has 1 amide bonds. The van der Waals surface area contributed by atoms with E-state index in [0.29, 0.717) is 23.6 Å². The third-order valence-corrected chi connectivity index (χ3v) is 4.58. The Bertz CT molecular complexity index is 880. The highest BCUT2D eigenvalue weighted by molar-refractivity contribution is 7.85. The molecule has 0 bridgehead atoms. The van der Waals surface area contributed by atoms with Crippen LogP contribution in [-0.2, 0) is 25.5 Å². The van der Waals surface area contributed by atoms with Crippen LogP contribution in [0.15, 0.2) is 48.5 Å². The van der Waals surface area contributed by atoms with Gasteiger partial charge in [0.1, 0.15) is 5.75 Å². The van der Waals surface area contributed by atoms with E-state index in [9.17, 15) is 13.2 Å². The van der Waals surface area contributed by atoms with Gasteiger partial charge in [0, 0.05) is 7.05 Å². The minimum absolute atomic E-state index is 0.161. The van der Waals surface area contributed by atoms with Crippen LogP contribution < -0.4 is 9.64 Å². The van der Waals surface area contributed by atoms with Crippen molar-refractivity contribution >= 4 is 21.7 Å². The van der Waals surface area contributed by atoms with E-state index >= 15 is 0 Å². The molecule has 7 heteroatoms. The Labute approximate surface area is 147 Å². The molecule has 3 rings (SSSR count). The van der Waals surface area contributed by atoms with Crippen molar-refractivity contribution in [1.82, 2.24) is 0 Å². The number of rotatable bonds is 5. The van der Waals surface area contributed by atoms with E-state index < -0.39 is 16.0 Å². The highest BCUT2D eigenvalue weighted by Gasteiger charge is 2.33. The van der Waals surface area contributed by atoms with Crippen LogP contribution in [0.1, 0.15) is 5.56 Å². The van der Waals surface area contributed by atoms with Crippen molar-refractivity contribution in [3.63, 3.8) is 0 Å². The molecule has 1 unspecified atom stereocenters. The largest absolute Gasteiger partial charge is 0.455 e. The summed E-state index contributed by atoms with van der Waals surface area (Å²) >= 11 is 0. The van der Waals surface area contributed by atoms with Gasteiger partial charge in [-0.15, -0.1) is 0 Å². The van der Waals surface area contributed by atoms with E-state index in [4.69, 9.17) is 8.92 Å². The number of benzene rings is 2. The van der Waals surface area contributed by atoms with Crippen molar-refractivity contribution in [3.8, 4) is 11.5 Å². The van der Waals surface area contributed by atoms with Crippen molar-refractivity contribution in [2.75, 3.05) is 24.8 Å². The van der Waals surface area contributed by atoms with Gasteiger partial charge in [0.2, 0.25) is 5.91 Å². The molecule has 0 radical (unpaired) electrons. The molecule has 132 valence electrons. The van der Waals surface area contributed by atoms with Gasteiger partial charge >= 0.3 is 0 Å². The minimum Gasteiger partial charge on any atom is -0.455 e. The molecule has 0 N–H and O–H groups in total. The average Bonchev–Trinajstić information content (AvgIpc) is 2.57. The zero-order valence-corrected chi connectivity index (χ0v) is 14.8. The fourth-order valence-corrected chi connectivity index (χ4v) is 3.30. The van der Waals surface area contributed by atoms with Crippen LogP contribution in [-0.4, -0.2) is 34.2 Å². The molecule has 1 heterocycles. The number of anilines is 1. The molecule has 0 fully saturated rings. The Kier molecular flexibility index (Phi) is 4.78. The standard InChI is InChI=1S/C18H19NO5S/c1-19-17-13(11-14(18(19)20)12-23-25(2,21)22)7-6-10-16(17)24-15-8-4-3-5-9-15/h3-10,14H,11-12H2,1-2H3. The van der Waals surface area contributed by atoms with Gasteiger partial charge in [0.05, 0.1) is 24.5 Å². The van der Waals surface area contributed by atoms with Crippen molar-refractivity contribution in [2.45, 2.75) is 6.42 Å². The van der Waals surface area contributed by atoms with Gasteiger partial charge in [-0.3, -0.25) is 8.98 Å². The van der Waals surface area contributed by atoms with Gasteiger partial charge in [0.25, 0.3) is 10.1 Å². The number of amides is 1. The smallest absolute Gasteiger partial charge is 0.264 e. The number of ether oxygens (including phenoxy) is 1. The summed E-state index contributed by atoms with van der Waals surface area (Å²) in [7, 11) is -1.93. The Hall–Kier alpha value is -2.38. The summed E-state index contributed by atoms with van der Waals surface area (Å²) in [5.41, 5.74) is 1.62. The third kappa shape index (κ3) is 4.00. The number of fused-ring (bicyclic) bond motifs is 1. The average molecular weight is 361 g/mol. The normalized spacial score (nSPS) is 17.3. The molecule has 0 saturated heterocycles. The van der Waals surface area contributed by atoms with E-state index in [0.717, 1.165) is 11.8 Å². The second-order valence-corrected chi connectivity index (χ2v) is 7.61. The third-order valence-electron chi connectivity index (χ3n) is 4.02. The first kappa shape index (κ1) is 17.4. The van der Waals surface area contributed by atoms with Crippen LogP contribution in [0.5, 0.6) is 11.5 Å². The summed E-state index contributed by atoms with van der Waals surface area (Å²) in [4.78, 5) is 14.1. The van der Waals surface area contributed by atoms with E-state index in [-0.39, 0.29) is 12.5 Å². The minimum atomic E-state index is -3.59. The number of hydrogen-bond acceptors (Lipinski definition) is 5. The highest BCUT2D eigenvalue weighted by atomic mass is 32.2. The summed E-state index contributed by atoms with van der Waals surface area (Å²) in [5, 5.41) is 0. The van der Waals surface area contributed by atoms with Gasteiger partial charge in [0.15, 0.2) is 5.75 Å². The van der Waals surface area contributed by atoms with E-state index in [2.05, 4.69) is 0 Å². The van der Waals surface area contributed by atoms with Crippen LogP contribution in [0.3, 0.4) is 0 Å². The lowest BCUT2D eigenvalue weighted by molar-refractivity contribution is -0.123. The molecule has 0 saturated carbocycles. The zero-order chi connectivity index (χ0) is 18.0. The van der Waals surface area contributed by atoms with Crippen LogP contribution in [0.2, 0.25) is 0 Å². The fraction of sp³-hybridized carbons (Fsp3) is 0.278. The Morgan fingerprint density at radius 3 is 2.52 bits per heavy atom. The number of nitrogens with zero attached hydrogens (tertiary/aromatic N) is 1. The fourth-order valence-electron chi connectivity index (χ4n) is 2.88. The van der Waals surface area contributed by atoms with Gasteiger partial charge in [-0.25, -0.2) is 0 Å². The Balaban J connectivity index is 1.88. The number of carbonyl (C=O) groups is 1. The molecule has 0 spiro atoms. The van der Waals surface area contributed by atoms with Crippen LogP contribution in [0, 0.1) is 5.92 Å². The summed E-state index contributed by atoms with van der Waals surface area (Å²) in [6, 6.07) is 14.9. The van der Waals surface area contributed by atoms with Crippen molar-refractivity contribution in [2.24, 2.45) is 5.92 Å². The maximum atomic E-state index is 12.6. The van der Waals surface area contributed by atoms with Crippen molar-refractivity contribution < 1.29 is 22.1 Å². The van der Waals surface area contributed by atoms with Crippen molar-refractivity contribution in [3.05, 3.63) is 54.1 Å². The molecule has 0 aliphatic carbocycles. The first-order valence-electron chi connectivity index (χ1n) is 7.82. The Morgan fingerprint density at radius 2 is 1.84 bits per heavy atom. The molecule has 2 aromatic rings. The quantitative estimate of drug-likeness (QED) is 0.766. The second kappa shape index (κ2) is 6.85. The van der Waals surface area contributed by atoms with Gasteiger partial charge in [-0.1, -0.05) is 30.3 Å². The van der Waals surface area contributed by atoms with Crippen molar-refractivity contribution in [1.29, 1.82) is 0 Å². The van der Waals surface area contributed by atoms with Crippen LogP contribution in [0.4, 0.5) is 5.69 Å². The molecule has 2 aromatic carbocycles. The lowest BCUT2D eigenvalue weighted by atomic mass is 9.92. The highest BCUT2D eigenvalue weighted by Crippen LogP contribution is 2.39.